The molecule has 0 aliphatic carbocycles. The minimum Gasteiger partial charge on any atom is -0.380 e. The van der Waals surface area contributed by atoms with E-state index >= 15 is 0 Å². The Morgan fingerprint density at radius 2 is 2.25 bits per heavy atom. The van der Waals surface area contributed by atoms with E-state index in [0.717, 1.165) is 38.0 Å². The molecule has 1 aliphatic rings. The van der Waals surface area contributed by atoms with Crippen LogP contribution >= 0.6 is 15.9 Å². The number of halogens is 1. The van der Waals surface area contributed by atoms with Crippen molar-refractivity contribution in [3.63, 3.8) is 0 Å². The van der Waals surface area contributed by atoms with Gasteiger partial charge in [-0.2, -0.15) is 5.10 Å². The first-order valence-electron chi connectivity index (χ1n) is 7.13. The van der Waals surface area contributed by atoms with Gasteiger partial charge in [0, 0.05) is 19.7 Å². The van der Waals surface area contributed by atoms with Gasteiger partial charge < -0.3 is 10.1 Å². The largest absolute Gasteiger partial charge is 0.380 e. The Balaban J connectivity index is 2.14. The molecular weight excluding hydrogens is 322 g/mol. The number of rotatable bonds is 4. The summed E-state index contributed by atoms with van der Waals surface area (Å²) in [5, 5.41) is 7.50. The van der Waals surface area contributed by atoms with E-state index in [9.17, 15) is 4.79 Å². The predicted octanol–water partition coefficient (Wildman–Crippen LogP) is 2.69. The predicted molar refractivity (Wildman–Crippen MR) is 83.1 cm³/mol. The molecule has 5 nitrogen and oxygen atoms in total. The van der Waals surface area contributed by atoms with E-state index in [4.69, 9.17) is 4.74 Å². The topological polar surface area (TPSA) is 56.2 Å². The molecular formula is C14H22BrN3O2. The fourth-order valence-electron chi connectivity index (χ4n) is 2.72. The lowest BCUT2D eigenvalue weighted by atomic mass is 9.86. The first kappa shape index (κ1) is 15.5. The van der Waals surface area contributed by atoms with Crippen molar-refractivity contribution in [3.8, 4) is 0 Å². The molecule has 1 atom stereocenters. The summed E-state index contributed by atoms with van der Waals surface area (Å²) in [7, 11) is 1.64. The monoisotopic (exact) mass is 343 g/mol. The van der Waals surface area contributed by atoms with Gasteiger partial charge in [-0.15, -0.1) is 0 Å². The lowest BCUT2D eigenvalue weighted by Crippen LogP contribution is -2.43. The van der Waals surface area contributed by atoms with E-state index in [1.165, 1.54) is 4.68 Å². The number of hydrogen-bond acceptors (Lipinski definition) is 4. The standard InChI is InChI=1S/C14H22BrN3O2/c1-4-14(5-2)8-10(6-7-20-14)17-11-9-16-18(3)13(19)12(11)15/h9-10,17H,4-8H2,1-3H3. The highest BCUT2D eigenvalue weighted by molar-refractivity contribution is 9.10. The summed E-state index contributed by atoms with van der Waals surface area (Å²) in [5.74, 6) is 0. The normalized spacial score (nSPS) is 21.7. The van der Waals surface area contributed by atoms with E-state index in [1.54, 1.807) is 13.2 Å². The van der Waals surface area contributed by atoms with E-state index in [-0.39, 0.29) is 11.2 Å². The van der Waals surface area contributed by atoms with Gasteiger partial charge in [-0.05, 0) is 41.6 Å². The Morgan fingerprint density at radius 3 is 2.90 bits per heavy atom. The smallest absolute Gasteiger partial charge is 0.282 e. The molecule has 112 valence electrons. The number of nitrogens with one attached hydrogen (secondary N) is 1. The lowest BCUT2D eigenvalue weighted by molar-refractivity contribution is -0.0864. The molecule has 0 bridgehead atoms. The molecule has 6 heteroatoms. The van der Waals surface area contributed by atoms with Crippen LogP contribution in [0.5, 0.6) is 0 Å². The van der Waals surface area contributed by atoms with Crippen LogP contribution in [0.25, 0.3) is 0 Å². The third-order valence-corrected chi connectivity index (χ3v) is 4.99. The summed E-state index contributed by atoms with van der Waals surface area (Å²) in [6.07, 6.45) is 5.63. The van der Waals surface area contributed by atoms with Gasteiger partial charge in [0.05, 0.1) is 17.5 Å². The second-order valence-corrected chi connectivity index (χ2v) is 6.17. The minimum absolute atomic E-state index is 0.0322. The average Bonchev–Trinajstić information content (AvgIpc) is 2.48. The number of hydrogen-bond donors (Lipinski definition) is 1. The molecule has 1 saturated heterocycles. The molecule has 1 fully saturated rings. The number of ether oxygens (including phenoxy) is 1. The molecule has 0 amide bonds. The van der Waals surface area contributed by atoms with Crippen LogP contribution in [0, 0.1) is 0 Å². The molecule has 0 radical (unpaired) electrons. The van der Waals surface area contributed by atoms with Crippen molar-refractivity contribution in [2.75, 3.05) is 11.9 Å². The molecule has 0 spiro atoms. The van der Waals surface area contributed by atoms with Crippen molar-refractivity contribution in [2.45, 2.75) is 51.2 Å². The van der Waals surface area contributed by atoms with Gasteiger partial charge in [0.2, 0.25) is 0 Å². The zero-order valence-corrected chi connectivity index (χ0v) is 13.9. The molecule has 1 aliphatic heterocycles. The Bertz CT molecular complexity index is 526. The van der Waals surface area contributed by atoms with E-state index < -0.39 is 0 Å². The Labute approximate surface area is 127 Å². The fraction of sp³-hybridized carbons (Fsp3) is 0.714. The highest BCUT2D eigenvalue weighted by Crippen LogP contribution is 2.33. The van der Waals surface area contributed by atoms with E-state index in [0.29, 0.717) is 10.5 Å². The molecule has 0 aromatic carbocycles. The van der Waals surface area contributed by atoms with Gasteiger partial charge in [0.25, 0.3) is 5.56 Å². The lowest BCUT2D eigenvalue weighted by Gasteiger charge is -2.40. The number of nitrogens with zero attached hydrogens (tertiary/aromatic N) is 2. The van der Waals surface area contributed by atoms with Crippen LogP contribution < -0.4 is 10.9 Å². The number of anilines is 1. The maximum Gasteiger partial charge on any atom is 0.282 e. The molecule has 20 heavy (non-hydrogen) atoms. The van der Waals surface area contributed by atoms with Crippen LogP contribution in [0.2, 0.25) is 0 Å². The third kappa shape index (κ3) is 3.06. The molecule has 2 rings (SSSR count). The first-order valence-corrected chi connectivity index (χ1v) is 7.93. The SMILES string of the molecule is CCC1(CC)CC(Nc2cnn(C)c(=O)c2Br)CCO1. The first-order chi connectivity index (χ1) is 9.51. The number of aryl methyl sites for hydroxylation is 1. The van der Waals surface area contributed by atoms with Gasteiger partial charge >= 0.3 is 0 Å². The van der Waals surface area contributed by atoms with Gasteiger partial charge in [-0.25, -0.2) is 4.68 Å². The molecule has 1 aromatic rings. The molecule has 2 heterocycles. The quantitative estimate of drug-likeness (QED) is 0.913. The van der Waals surface area contributed by atoms with Crippen molar-refractivity contribution >= 4 is 21.6 Å². The fourth-order valence-corrected chi connectivity index (χ4v) is 3.20. The molecule has 0 saturated carbocycles. The molecule has 1 aromatic heterocycles. The van der Waals surface area contributed by atoms with Crippen LogP contribution in [-0.4, -0.2) is 28.0 Å². The van der Waals surface area contributed by atoms with Crippen molar-refractivity contribution in [1.82, 2.24) is 9.78 Å². The summed E-state index contributed by atoms with van der Waals surface area (Å²) < 4.78 is 7.83. The maximum absolute atomic E-state index is 11.9. The van der Waals surface area contributed by atoms with Gasteiger partial charge in [0.15, 0.2) is 0 Å². The van der Waals surface area contributed by atoms with Gasteiger partial charge in [-0.3, -0.25) is 4.79 Å². The highest BCUT2D eigenvalue weighted by atomic mass is 79.9. The summed E-state index contributed by atoms with van der Waals surface area (Å²) in [6, 6.07) is 0.314. The van der Waals surface area contributed by atoms with Gasteiger partial charge in [-0.1, -0.05) is 13.8 Å². The van der Waals surface area contributed by atoms with E-state index in [1.807, 2.05) is 0 Å². The van der Waals surface area contributed by atoms with Crippen LogP contribution in [0.15, 0.2) is 15.5 Å². The Hall–Kier alpha value is -0.880. The minimum atomic E-state index is -0.126. The molecule has 1 N–H and O–H groups in total. The van der Waals surface area contributed by atoms with Crippen molar-refractivity contribution in [3.05, 3.63) is 21.0 Å². The second-order valence-electron chi connectivity index (χ2n) is 5.37. The Morgan fingerprint density at radius 1 is 1.55 bits per heavy atom. The summed E-state index contributed by atoms with van der Waals surface area (Å²) in [6.45, 7) is 5.10. The zero-order chi connectivity index (χ0) is 14.8. The van der Waals surface area contributed by atoms with Crippen LogP contribution in [-0.2, 0) is 11.8 Å². The highest BCUT2D eigenvalue weighted by Gasteiger charge is 2.34. The summed E-state index contributed by atoms with van der Waals surface area (Å²) >= 11 is 3.35. The number of aromatic nitrogens is 2. The van der Waals surface area contributed by atoms with Crippen LogP contribution in [0.1, 0.15) is 39.5 Å². The second kappa shape index (κ2) is 6.26. The zero-order valence-electron chi connectivity index (χ0n) is 12.3. The summed E-state index contributed by atoms with van der Waals surface area (Å²) in [5.41, 5.74) is 0.607. The van der Waals surface area contributed by atoms with Gasteiger partial charge in [0.1, 0.15) is 4.47 Å². The Kier molecular flexibility index (Phi) is 4.86. The molecule has 1 unspecified atom stereocenters. The van der Waals surface area contributed by atoms with E-state index in [2.05, 4.69) is 40.2 Å². The average molecular weight is 344 g/mol. The maximum atomic E-state index is 11.9. The van der Waals surface area contributed by atoms with Crippen LogP contribution in [0.4, 0.5) is 5.69 Å². The van der Waals surface area contributed by atoms with Crippen molar-refractivity contribution in [1.29, 1.82) is 0 Å². The van der Waals surface area contributed by atoms with Crippen molar-refractivity contribution in [2.24, 2.45) is 7.05 Å². The summed E-state index contributed by atoms with van der Waals surface area (Å²) in [4.78, 5) is 11.9. The third-order valence-electron chi connectivity index (χ3n) is 4.22. The van der Waals surface area contributed by atoms with Crippen molar-refractivity contribution < 1.29 is 4.74 Å². The van der Waals surface area contributed by atoms with Crippen LogP contribution in [0.3, 0.4) is 0 Å².